The topological polar surface area (TPSA) is 140 Å². The molecular formula is C17H16F3N7O2S. The first-order valence-electron chi connectivity index (χ1n) is 8.65. The predicted molar refractivity (Wildman–Crippen MR) is 101 cm³/mol. The van der Waals surface area contributed by atoms with Gasteiger partial charge in [-0.2, -0.15) is 5.26 Å². The lowest BCUT2D eigenvalue weighted by Gasteiger charge is -2.34. The van der Waals surface area contributed by atoms with Crippen molar-refractivity contribution in [2.24, 2.45) is 5.41 Å². The Balaban J connectivity index is 1.55. The van der Waals surface area contributed by atoms with E-state index in [1.165, 1.54) is 6.07 Å². The lowest BCUT2D eigenvalue weighted by Crippen LogP contribution is -2.60. The minimum atomic E-state index is -2.99. The number of hydrogen-bond acceptors (Lipinski definition) is 8. The molecule has 13 heteroatoms. The zero-order chi connectivity index (χ0) is 21.7. The number of carbonyl (C=O) groups is 1. The minimum absolute atomic E-state index is 0.0333. The third-order valence-electron chi connectivity index (χ3n) is 4.32. The fourth-order valence-electron chi connectivity index (χ4n) is 2.57. The van der Waals surface area contributed by atoms with Gasteiger partial charge >= 0.3 is 0 Å². The highest BCUT2D eigenvalue weighted by atomic mass is 32.2. The van der Waals surface area contributed by atoms with E-state index < -0.39 is 23.2 Å². The molecule has 1 aromatic heterocycles. The zero-order valence-electron chi connectivity index (χ0n) is 15.3. The van der Waals surface area contributed by atoms with Crippen LogP contribution in [0.3, 0.4) is 0 Å². The summed E-state index contributed by atoms with van der Waals surface area (Å²) in [6, 6.07) is 5.00. The number of anilines is 1. The average Bonchev–Trinajstić information content (AvgIpc) is 3.15. The molecule has 0 spiro atoms. The third-order valence-corrected chi connectivity index (χ3v) is 5.27. The molecule has 1 saturated heterocycles. The summed E-state index contributed by atoms with van der Waals surface area (Å²) in [6.45, 7) is 0.856. The van der Waals surface area contributed by atoms with Gasteiger partial charge in [0.2, 0.25) is 5.91 Å². The van der Waals surface area contributed by atoms with Crippen molar-refractivity contribution < 1.29 is 22.6 Å². The Bertz CT molecular complexity index is 988. The maximum absolute atomic E-state index is 13.4. The number of alkyl halides is 2. The summed E-state index contributed by atoms with van der Waals surface area (Å²) in [6.07, 6.45) is -2.99. The second-order valence-electron chi connectivity index (χ2n) is 6.36. The predicted octanol–water partition coefficient (Wildman–Crippen LogP) is 1.91. The number of hydrogen-bond donors (Lipinski definition) is 4. The molecule has 0 bridgehead atoms. The molecule has 2 aromatic rings. The van der Waals surface area contributed by atoms with Crippen LogP contribution in [0.1, 0.15) is 17.7 Å². The average molecular weight is 439 g/mol. The first-order chi connectivity index (χ1) is 14.4. The van der Waals surface area contributed by atoms with E-state index >= 15 is 0 Å². The highest BCUT2D eigenvalue weighted by Crippen LogP contribution is 2.26. The highest BCUT2D eigenvalue weighted by Gasteiger charge is 2.44. The number of nitriles is 1. The molecule has 4 N–H and O–H groups in total. The first-order valence-corrected chi connectivity index (χ1v) is 9.64. The van der Waals surface area contributed by atoms with E-state index in [0.29, 0.717) is 18.8 Å². The fourth-order valence-corrected chi connectivity index (χ4v) is 3.33. The maximum atomic E-state index is 13.4. The monoisotopic (exact) mass is 439 g/mol. The van der Waals surface area contributed by atoms with Crippen molar-refractivity contribution in [3.8, 4) is 6.07 Å². The summed E-state index contributed by atoms with van der Waals surface area (Å²) in [5, 5.41) is 32.8. The van der Waals surface area contributed by atoms with Crippen molar-refractivity contribution in [2.45, 2.75) is 11.5 Å². The van der Waals surface area contributed by atoms with Crippen LogP contribution in [0.4, 0.5) is 18.9 Å². The standard InChI is InChI=1S/C17H16F3N7O2S/c18-11-2-1-9(5-10(11)13(19)20)25-14(22)12-15(27-29-26-12)30-4-3-24-16(28)17(6-21)7-23-8-17/h1-2,5,13,23H,3-4,7-8H2,(H2,22,25)(H,24,28). The molecule has 3 rings (SSSR count). The number of thioether (sulfide) groups is 1. The van der Waals surface area contributed by atoms with Gasteiger partial charge in [0.1, 0.15) is 5.82 Å². The first kappa shape index (κ1) is 21.6. The largest absolute Gasteiger partial charge is 0.354 e. The van der Waals surface area contributed by atoms with Crippen molar-refractivity contribution in [1.29, 1.82) is 10.7 Å². The van der Waals surface area contributed by atoms with Crippen LogP contribution >= 0.6 is 11.8 Å². The van der Waals surface area contributed by atoms with Gasteiger partial charge in [-0.15, -0.1) is 0 Å². The van der Waals surface area contributed by atoms with Crippen LogP contribution in [-0.2, 0) is 4.79 Å². The van der Waals surface area contributed by atoms with E-state index in [0.717, 1.165) is 23.9 Å². The molecule has 1 aliphatic heterocycles. The molecule has 158 valence electrons. The van der Waals surface area contributed by atoms with Crippen molar-refractivity contribution in [3.63, 3.8) is 0 Å². The van der Waals surface area contributed by atoms with Gasteiger partial charge in [0.15, 0.2) is 22.0 Å². The van der Waals surface area contributed by atoms with Crippen LogP contribution in [0, 0.1) is 28.0 Å². The summed E-state index contributed by atoms with van der Waals surface area (Å²) in [4.78, 5) is 12.1. The van der Waals surface area contributed by atoms with E-state index in [4.69, 9.17) is 10.7 Å². The molecule has 9 nitrogen and oxygen atoms in total. The highest BCUT2D eigenvalue weighted by molar-refractivity contribution is 7.99. The molecule has 1 aromatic carbocycles. The van der Waals surface area contributed by atoms with Gasteiger partial charge in [-0.25, -0.2) is 17.8 Å². The van der Waals surface area contributed by atoms with E-state index in [9.17, 15) is 18.0 Å². The molecule has 0 saturated carbocycles. The van der Waals surface area contributed by atoms with Gasteiger partial charge in [-0.3, -0.25) is 10.2 Å². The third kappa shape index (κ3) is 4.55. The molecule has 2 heterocycles. The molecule has 0 radical (unpaired) electrons. The Morgan fingerprint density at radius 1 is 1.43 bits per heavy atom. The summed E-state index contributed by atoms with van der Waals surface area (Å²) >= 11 is 1.15. The van der Waals surface area contributed by atoms with Crippen molar-refractivity contribution in [3.05, 3.63) is 35.3 Å². The van der Waals surface area contributed by atoms with Crippen LogP contribution in [-0.4, -0.2) is 47.4 Å². The smallest absolute Gasteiger partial charge is 0.266 e. The van der Waals surface area contributed by atoms with Gasteiger partial charge < -0.3 is 16.0 Å². The van der Waals surface area contributed by atoms with Gasteiger partial charge in [-0.1, -0.05) is 11.8 Å². The van der Waals surface area contributed by atoms with Gasteiger partial charge in [0.25, 0.3) is 6.43 Å². The lowest BCUT2D eigenvalue weighted by molar-refractivity contribution is -0.130. The number of amides is 1. The van der Waals surface area contributed by atoms with Crippen LogP contribution in [0.5, 0.6) is 0 Å². The second kappa shape index (κ2) is 9.14. The van der Waals surface area contributed by atoms with Crippen LogP contribution in [0.2, 0.25) is 0 Å². The number of benzene rings is 1. The molecular weight excluding hydrogens is 423 g/mol. The molecule has 0 aliphatic carbocycles. The summed E-state index contributed by atoms with van der Waals surface area (Å²) in [7, 11) is 0. The Labute approximate surface area is 172 Å². The normalized spacial score (nSPS) is 14.6. The minimum Gasteiger partial charge on any atom is -0.354 e. The molecule has 1 amide bonds. The molecule has 1 fully saturated rings. The maximum Gasteiger partial charge on any atom is 0.266 e. The lowest BCUT2D eigenvalue weighted by atomic mass is 9.82. The zero-order valence-corrected chi connectivity index (χ0v) is 16.2. The SMILES string of the molecule is N#CC1(C(=O)NCCSc2nonc2C(=N)Nc2ccc(F)c(C(F)F)c2)CNC1. The van der Waals surface area contributed by atoms with E-state index in [1.54, 1.807) is 0 Å². The van der Waals surface area contributed by atoms with Crippen molar-refractivity contribution in [1.82, 2.24) is 20.9 Å². The van der Waals surface area contributed by atoms with E-state index in [2.05, 4.69) is 30.9 Å². The Morgan fingerprint density at radius 3 is 2.83 bits per heavy atom. The number of nitrogens with zero attached hydrogens (tertiary/aromatic N) is 3. The molecule has 0 unspecified atom stereocenters. The number of rotatable bonds is 8. The van der Waals surface area contributed by atoms with Crippen molar-refractivity contribution >= 4 is 29.2 Å². The van der Waals surface area contributed by atoms with Gasteiger partial charge in [-0.05, 0) is 28.5 Å². The quantitative estimate of drug-likeness (QED) is 0.212. The van der Waals surface area contributed by atoms with Crippen molar-refractivity contribution in [2.75, 3.05) is 30.7 Å². The summed E-state index contributed by atoms with van der Waals surface area (Å²) in [5.74, 6) is -1.32. The van der Waals surface area contributed by atoms with Gasteiger partial charge in [0, 0.05) is 31.1 Å². The fraction of sp³-hybridized carbons (Fsp3) is 0.353. The summed E-state index contributed by atoms with van der Waals surface area (Å²) < 4.78 is 43.7. The molecule has 0 atom stereocenters. The Hall–Kier alpha value is -3.11. The van der Waals surface area contributed by atoms with Crippen LogP contribution in [0.25, 0.3) is 0 Å². The number of aromatic nitrogens is 2. The number of carbonyl (C=O) groups excluding carboxylic acids is 1. The molecule has 30 heavy (non-hydrogen) atoms. The van der Waals surface area contributed by atoms with Crippen LogP contribution in [0.15, 0.2) is 27.9 Å². The van der Waals surface area contributed by atoms with Crippen LogP contribution < -0.4 is 16.0 Å². The van der Waals surface area contributed by atoms with E-state index in [1.807, 2.05) is 6.07 Å². The second-order valence-corrected chi connectivity index (χ2v) is 7.44. The summed E-state index contributed by atoms with van der Waals surface area (Å²) in [5.41, 5.74) is -1.71. The number of amidine groups is 1. The van der Waals surface area contributed by atoms with E-state index in [-0.39, 0.29) is 34.7 Å². The van der Waals surface area contributed by atoms with Gasteiger partial charge in [0.05, 0.1) is 11.6 Å². The Kier molecular flexibility index (Phi) is 6.58. The number of nitrogens with one attached hydrogen (secondary N) is 4. The molecule has 1 aliphatic rings. The number of halogens is 3. The Morgan fingerprint density at radius 2 is 2.20 bits per heavy atom.